The van der Waals surface area contributed by atoms with E-state index >= 15 is 0 Å². The number of rotatable bonds is 4. The summed E-state index contributed by atoms with van der Waals surface area (Å²) in [4.78, 5) is 25.1. The largest absolute Gasteiger partial charge is 0.461 e. The molecule has 0 N–H and O–H groups in total. The summed E-state index contributed by atoms with van der Waals surface area (Å²) in [6.45, 7) is 5.32. The number of hydrogen-bond donors (Lipinski definition) is 0. The molecule has 1 aromatic rings. The lowest BCUT2D eigenvalue weighted by molar-refractivity contribution is -0.142. The van der Waals surface area contributed by atoms with E-state index < -0.39 is 0 Å². The second kappa shape index (κ2) is 5.87. The normalized spacial score (nSPS) is 14.9. The van der Waals surface area contributed by atoms with Crippen LogP contribution in [0.25, 0.3) is 0 Å². The van der Waals surface area contributed by atoms with Gasteiger partial charge in [-0.1, -0.05) is 25.1 Å². The van der Waals surface area contributed by atoms with Gasteiger partial charge < -0.3 is 9.64 Å². The monoisotopic (exact) mass is 261 g/mol. The Morgan fingerprint density at radius 2 is 2.00 bits per heavy atom. The van der Waals surface area contributed by atoms with Gasteiger partial charge in [-0.25, -0.2) is 0 Å². The minimum absolute atomic E-state index is 0.0347. The van der Waals surface area contributed by atoms with Crippen molar-refractivity contribution < 1.29 is 14.3 Å². The van der Waals surface area contributed by atoms with Crippen molar-refractivity contribution in [1.29, 1.82) is 0 Å². The highest BCUT2D eigenvalue weighted by Gasteiger charge is 2.30. The molecule has 0 bridgehead atoms. The summed E-state index contributed by atoms with van der Waals surface area (Å²) < 4.78 is 4.98. The van der Waals surface area contributed by atoms with Crippen LogP contribution in [-0.4, -0.2) is 29.9 Å². The summed E-state index contributed by atoms with van der Waals surface area (Å²) in [5.41, 5.74) is 1.40. The van der Waals surface area contributed by atoms with E-state index in [1.807, 2.05) is 23.1 Å². The second-order valence-corrected chi connectivity index (χ2v) is 4.92. The van der Waals surface area contributed by atoms with Gasteiger partial charge in [0.25, 0.3) is 5.91 Å². The van der Waals surface area contributed by atoms with Gasteiger partial charge in [0.2, 0.25) is 0 Å². The Balaban J connectivity index is 2.07. The Hall–Kier alpha value is -1.84. The first-order valence-electron chi connectivity index (χ1n) is 6.62. The molecule has 0 unspecified atom stereocenters. The summed E-state index contributed by atoms with van der Waals surface area (Å²) >= 11 is 0. The fourth-order valence-corrected chi connectivity index (χ4v) is 2.20. The topological polar surface area (TPSA) is 46.6 Å². The van der Waals surface area contributed by atoms with Crippen LogP contribution in [0.4, 0.5) is 0 Å². The van der Waals surface area contributed by atoms with E-state index in [2.05, 4.69) is 6.92 Å². The molecule has 0 atom stereocenters. The SMILES string of the molecule is CCC1CN(C(=O)c2ccccc2COC(C)=O)C1. The van der Waals surface area contributed by atoms with Crippen molar-refractivity contribution in [2.75, 3.05) is 13.1 Å². The van der Waals surface area contributed by atoms with Crippen molar-refractivity contribution in [3.8, 4) is 0 Å². The van der Waals surface area contributed by atoms with Crippen molar-refractivity contribution in [1.82, 2.24) is 4.90 Å². The first-order valence-corrected chi connectivity index (χ1v) is 6.62. The zero-order valence-corrected chi connectivity index (χ0v) is 11.4. The average molecular weight is 261 g/mol. The first kappa shape index (κ1) is 13.6. The predicted octanol–water partition coefficient (Wildman–Crippen LogP) is 2.23. The van der Waals surface area contributed by atoms with Gasteiger partial charge in [0.05, 0.1) is 0 Å². The highest BCUT2D eigenvalue weighted by atomic mass is 16.5. The Morgan fingerprint density at radius 1 is 1.32 bits per heavy atom. The molecule has 0 spiro atoms. The number of hydrogen-bond acceptors (Lipinski definition) is 3. The summed E-state index contributed by atoms with van der Waals surface area (Å²) in [6, 6.07) is 7.30. The first-order chi connectivity index (χ1) is 9.11. The van der Waals surface area contributed by atoms with Crippen LogP contribution in [-0.2, 0) is 16.1 Å². The molecule has 0 aliphatic carbocycles. The van der Waals surface area contributed by atoms with E-state index in [0.717, 1.165) is 25.1 Å². The number of ether oxygens (including phenoxy) is 1. The highest BCUT2D eigenvalue weighted by molar-refractivity contribution is 5.96. The Kier molecular flexibility index (Phi) is 4.20. The Labute approximate surface area is 113 Å². The van der Waals surface area contributed by atoms with Crippen molar-refractivity contribution in [2.24, 2.45) is 5.92 Å². The third-order valence-corrected chi connectivity index (χ3v) is 3.50. The van der Waals surface area contributed by atoms with Crippen LogP contribution in [0.2, 0.25) is 0 Å². The summed E-state index contributed by atoms with van der Waals surface area (Å²) in [7, 11) is 0. The maximum absolute atomic E-state index is 12.3. The predicted molar refractivity (Wildman–Crippen MR) is 71.6 cm³/mol. The zero-order valence-electron chi connectivity index (χ0n) is 11.4. The molecule has 19 heavy (non-hydrogen) atoms. The molecule has 1 saturated heterocycles. The smallest absolute Gasteiger partial charge is 0.302 e. The summed E-state index contributed by atoms with van der Waals surface area (Å²) in [6.07, 6.45) is 1.11. The van der Waals surface area contributed by atoms with Gasteiger partial charge in [0.15, 0.2) is 0 Å². The molecule has 0 aromatic heterocycles. The van der Waals surface area contributed by atoms with Gasteiger partial charge in [-0.15, -0.1) is 0 Å². The molecule has 1 heterocycles. The van der Waals surface area contributed by atoms with Crippen molar-refractivity contribution >= 4 is 11.9 Å². The standard InChI is InChI=1S/C15H19NO3/c1-3-12-8-16(9-12)15(18)14-7-5-4-6-13(14)10-19-11(2)17/h4-7,12H,3,8-10H2,1-2H3. The van der Waals surface area contributed by atoms with Crippen LogP contribution in [0.1, 0.15) is 36.2 Å². The van der Waals surface area contributed by atoms with E-state index in [1.165, 1.54) is 6.92 Å². The van der Waals surface area contributed by atoms with Gasteiger partial charge in [-0.2, -0.15) is 0 Å². The fraction of sp³-hybridized carbons (Fsp3) is 0.467. The van der Waals surface area contributed by atoms with Gasteiger partial charge in [-0.05, 0) is 18.4 Å². The third kappa shape index (κ3) is 3.13. The molecule has 1 aromatic carbocycles. The minimum Gasteiger partial charge on any atom is -0.461 e. The molecule has 1 aliphatic rings. The molecular weight excluding hydrogens is 242 g/mol. The third-order valence-electron chi connectivity index (χ3n) is 3.50. The van der Waals surface area contributed by atoms with Gasteiger partial charge in [0.1, 0.15) is 6.61 Å². The van der Waals surface area contributed by atoms with Crippen molar-refractivity contribution in [3.05, 3.63) is 35.4 Å². The molecule has 4 heteroatoms. The summed E-state index contributed by atoms with van der Waals surface area (Å²) in [5.74, 6) is 0.328. The van der Waals surface area contributed by atoms with Crippen LogP contribution in [0.5, 0.6) is 0 Å². The van der Waals surface area contributed by atoms with Gasteiger partial charge >= 0.3 is 5.97 Å². The van der Waals surface area contributed by atoms with E-state index in [1.54, 1.807) is 6.07 Å². The Morgan fingerprint density at radius 3 is 2.63 bits per heavy atom. The van der Waals surface area contributed by atoms with E-state index in [-0.39, 0.29) is 18.5 Å². The number of likely N-dealkylation sites (tertiary alicyclic amines) is 1. The van der Waals surface area contributed by atoms with Crippen LogP contribution >= 0.6 is 0 Å². The molecular formula is C15H19NO3. The van der Waals surface area contributed by atoms with E-state index in [4.69, 9.17) is 4.74 Å². The molecule has 102 valence electrons. The molecule has 4 nitrogen and oxygen atoms in total. The summed E-state index contributed by atoms with van der Waals surface area (Å²) in [5, 5.41) is 0. The molecule has 0 radical (unpaired) electrons. The number of amides is 1. The lowest BCUT2D eigenvalue weighted by Crippen LogP contribution is -2.49. The highest BCUT2D eigenvalue weighted by Crippen LogP contribution is 2.22. The fourth-order valence-electron chi connectivity index (χ4n) is 2.20. The molecule has 1 fully saturated rings. The number of benzene rings is 1. The maximum atomic E-state index is 12.3. The number of carbonyl (C=O) groups is 2. The van der Waals surface area contributed by atoms with E-state index in [9.17, 15) is 9.59 Å². The number of nitrogens with zero attached hydrogens (tertiary/aromatic N) is 1. The lowest BCUT2D eigenvalue weighted by Gasteiger charge is -2.39. The van der Waals surface area contributed by atoms with Crippen LogP contribution in [0.3, 0.4) is 0 Å². The molecule has 1 aliphatic heterocycles. The zero-order chi connectivity index (χ0) is 13.8. The lowest BCUT2D eigenvalue weighted by atomic mass is 9.95. The van der Waals surface area contributed by atoms with Gasteiger partial charge in [-0.3, -0.25) is 9.59 Å². The van der Waals surface area contributed by atoms with Crippen molar-refractivity contribution in [2.45, 2.75) is 26.9 Å². The average Bonchev–Trinajstić information content (AvgIpc) is 2.35. The van der Waals surface area contributed by atoms with Gasteiger partial charge in [0, 0.05) is 31.1 Å². The molecule has 0 saturated carbocycles. The Bertz CT molecular complexity index is 478. The van der Waals surface area contributed by atoms with Crippen LogP contribution in [0, 0.1) is 5.92 Å². The van der Waals surface area contributed by atoms with Crippen molar-refractivity contribution in [3.63, 3.8) is 0 Å². The molecule has 2 rings (SSSR count). The quantitative estimate of drug-likeness (QED) is 0.781. The number of carbonyl (C=O) groups excluding carboxylic acids is 2. The van der Waals surface area contributed by atoms with Crippen LogP contribution < -0.4 is 0 Å². The number of esters is 1. The van der Waals surface area contributed by atoms with E-state index in [0.29, 0.717) is 11.5 Å². The maximum Gasteiger partial charge on any atom is 0.302 e. The second-order valence-electron chi connectivity index (χ2n) is 4.92. The minimum atomic E-state index is -0.336. The van der Waals surface area contributed by atoms with Crippen LogP contribution in [0.15, 0.2) is 24.3 Å². The molecule has 1 amide bonds.